The van der Waals surface area contributed by atoms with Crippen molar-refractivity contribution < 1.29 is 4.42 Å². The van der Waals surface area contributed by atoms with Crippen molar-refractivity contribution in [2.75, 3.05) is 6.54 Å². The standard InChI is InChI=1S/C16H22N4O/c1-4-17-16(19-12(2)3)18-10-14-11-21-15(20-14)13-8-6-5-7-9-13/h5-9,11-12H,4,10H2,1-3H3,(H2,17,18,19). The minimum absolute atomic E-state index is 0.333. The number of aliphatic imine (C=N–C) groups is 1. The van der Waals surface area contributed by atoms with E-state index in [1.807, 2.05) is 37.3 Å². The number of rotatable bonds is 5. The summed E-state index contributed by atoms with van der Waals surface area (Å²) in [5.74, 6) is 1.42. The number of nitrogens with one attached hydrogen (secondary N) is 2. The largest absolute Gasteiger partial charge is 0.444 e. The van der Waals surface area contributed by atoms with Crippen molar-refractivity contribution in [1.29, 1.82) is 0 Å². The average molecular weight is 286 g/mol. The summed E-state index contributed by atoms with van der Waals surface area (Å²) in [5.41, 5.74) is 1.79. The van der Waals surface area contributed by atoms with E-state index in [9.17, 15) is 0 Å². The molecule has 0 saturated heterocycles. The highest BCUT2D eigenvalue weighted by Gasteiger charge is 2.06. The van der Waals surface area contributed by atoms with Crippen LogP contribution in [0.15, 0.2) is 46.0 Å². The van der Waals surface area contributed by atoms with Crippen LogP contribution in [0.4, 0.5) is 0 Å². The van der Waals surface area contributed by atoms with Gasteiger partial charge in [-0.2, -0.15) is 0 Å². The van der Waals surface area contributed by atoms with E-state index < -0.39 is 0 Å². The van der Waals surface area contributed by atoms with Crippen LogP contribution in [0.1, 0.15) is 26.5 Å². The third kappa shape index (κ3) is 4.63. The molecule has 0 saturated carbocycles. The lowest BCUT2D eigenvalue weighted by Gasteiger charge is -2.13. The Morgan fingerprint density at radius 3 is 2.71 bits per heavy atom. The van der Waals surface area contributed by atoms with E-state index in [2.05, 4.69) is 34.5 Å². The summed E-state index contributed by atoms with van der Waals surface area (Å²) >= 11 is 0. The molecule has 1 aromatic heterocycles. The van der Waals surface area contributed by atoms with Gasteiger partial charge in [-0.25, -0.2) is 9.98 Å². The third-order valence-corrected chi connectivity index (χ3v) is 2.74. The molecule has 2 rings (SSSR count). The Balaban J connectivity index is 2.04. The Bertz CT molecular complexity index is 575. The maximum atomic E-state index is 5.50. The average Bonchev–Trinajstić information content (AvgIpc) is 2.94. The summed E-state index contributed by atoms with van der Waals surface area (Å²) in [6.45, 7) is 7.51. The predicted octanol–water partition coefficient (Wildman–Crippen LogP) is 2.81. The first-order valence-electron chi connectivity index (χ1n) is 7.23. The summed E-state index contributed by atoms with van der Waals surface area (Å²) in [5, 5.41) is 6.47. The van der Waals surface area contributed by atoms with Crippen molar-refractivity contribution in [3.05, 3.63) is 42.3 Å². The highest BCUT2D eigenvalue weighted by molar-refractivity contribution is 5.79. The molecule has 0 radical (unpaired) electrons. The quantitative estimate of drug-likeness (QED) is 0.655. The first-order chi connectivity index (χ1) is 10.2. The Hall–Kier alpha value is -2.30. The molecule has 112 valence electrons. The van der Waals surface area contributed by atoms with Crippen LogP contribution in [0.2, 0.25) is 0 Å². The maximum Gasteiger partial charge on any atom is 0.226 e. The van der Waals surface area contributed by atoms with Crippen LogP contribution in [-0.4, -0.2) is 23.5 Å². The van der Waals surface area contributed by atoms with E-state index in [4.69, 9.17) is 4.42 Å². The summed E-state index contributed by atoms with van der Waals surface area (Å²) in [4.78, 5) is 8.97. The fraction of sp³-hybridized carbons (Fsp3) is 0.375. The molecule has 5 nitrogen and oxygen atoms in total. The summed E-state index contributed by atoms with van der Waals surface area (Å²) in [6.07, 6.45) is 1.66. The molecular formula is C16H22N4O. The lowest BCUT2D eigenvalue weighted by molar-refractivity contribution is 0.572. The second-order valence-electron chi connectivity index (χ2n) is 5.00. The fourth-order valence-electron chi connectivity index (χ4n) is 1.85. The van der Waals surface area contributed by atoms with Crippen LogP contribution < -0.4 is 10.6 Å². The highest BCUT2D eigenvalue weighted by Crippen LogP contribution is 2.18. The van der Waals surface area contributed by atoms with E-state index >= 15 is 0 Å². The molecular weight excluding hydrogens is 264 g/mol. The zero-order valence-corrected chi connectivity index (χ0v) is 12.8. The van der Waals surface area contributed by atoms with Gasteiger partial charge in [-0.1, -0.05) is 18.2 Å². The van der Waals surface area contributed by atoms with Gasteiger partial charge in [0.15, 0.2) is 5.96 Å². The van der Waals surface area contributed by atoms with E-state index in [1.54, 1.807) is 6.26 Å². The molecule has 0 aliphatic rings. The topological polar surface area (TPSA) is 62.5 Å². The van der Waals surface area contributed by atoms with Gasteiger partial charge in [-0.3, -0.25) is 0 Å². The van der Waals surface area contributed by atoms with Gasteiger partial charge >= 0.3 is 0 Å². The molecule has 1 aromatic carbocycles. The van der Waals surface area contributed by atoms with Gasteiger partial charge in [0, 0.05) is 18.2 Å². The number of benzene rings is 1. The second-order valence-corrected chi connectivity index (χ2v) is 5.00. The van der Waals surface area contributed by atoms with E-state index in [1.165, 1.54) is 0 Å². The molecule has 0 amide bonds. The molecule has 0 aliphatic heterocycles. The van der Waals surface area contributed by atoms with Crippen LogP contribution in [-0.2, 0) is 6.54 Å². The van der Waals surface area contributed by atoms with Crippen LogP contribution in [0, 0.1) is 0 Å². The molecule has 0 bridgehead atoms. The number of aromatic nitrogens is 1. The molecule has 0 unspecified atom stereocenters. The zero-order chi connectivity index (χ0) is 15.1. The lowest BCUT2D eigenvalue weighted by atomic mass is 10.2. The van der Waals surface area contributed by atoms with Gasteiger partial charge in [-0.05, 0) is 32.9 Å². The number of oxazole rings is 1. The van der Waals surface area contributed by atoms with Crippen LogP contribution >= 0.6 is 0 Å². The Morgan fingerprint density at radius 1 is 1.29 bits per heavy atom. The van der Waals surface area contributed by atoms with Crippen LogP contribution in [0.25, 0.3) is 11.5 Å². The fourth-order valence-corrected chi connectivity index (χ4v) is 1.85. The summed E-state index contributed by atoms with van der Waals surface area (Å²) in [6, 6.07) is 10.2. The predicted molar refractivity (Wildman–Crippen MR) is 85.0 cm³/mol. The van der Waals surface area contributed by atoms with E-state index in [0.29, 0.717) is 18.5 Å². The monoisotopic (exact) mass is 286 g/mol. The number of guanidine groups is 1. The Labute approximate surface area is 125 Å². The molecule has 0 fully saturated rings. The minimum Gasteiger partial charge on any atom is -0.444 e. The Kier molecular flexibility index (Phi) is 5.37. The first-order valence-corrected chi connectivity index (χ1v) is 7.23. The molecule has 0 spiro atoms. The van der Waals surface area contributed by atoms with Gasteiger partial charge in [0.2, 0.25) is 5.89 Å². The molecule has 0 atom stereocenters. The summed E-state index contributed by atoms with van der Waals surface area (Å²) in [7, 11) is 0. The van der Waals surface area contributed by atoms with Crippen molar-refractivity contribution in [3.8, 4) is 11.5 Å². The van der Waals surface area contributed by atoms with Gasteiger partial charge in [0.25, 0.3) is 0 Å². The van der Waals surface area contributed by atoms with Crippen LogP contribution in [0.5, 0.6) is 0 Å². The summed E-state index contributed by atoms with van der Waals surface area (Å²) < 4.78 is 5.50. The third-order valence-electron chi connectivity index (χ3n) is 2.74. The molecule has 21 heavy (non-hydrogen) atoms. The van der Waals surface area contributed by atoms with Crippen molar-refractivity contribution in [2.45, 2.75) is 33.4 Å². The van der Waals surface area contributed by atoms with Crippen LogP contribution in [0.3, 0.4) is 0 Å². The normalized spacial score (nSPS) is 11.7. The Morgan fingerprint density at radius 2 is 2.05 bits per heavy atom. The van der Waals surface area contributed by atoms with Gasteiger partial charge in [-0.15, -0.1) is 0 Å². The molecule has 2 aromatic rings. The lowest BCUT2D eigenvalue weighted by Crippen LogP contribution is -2.41. The van der Waals surface area contributed by atoms with E-state index in [0.717, 1.165) is 23.8 Å². The van der Waals surface area contributed by atoms with Crippen molar-refractivity contribution in [2.24, 2.45) is 4.99 Å². The van der Waals surface area contributed by atoms with E-state index in [-0.39, 0.29) is 0 Å². The van der Waals surface area contributed by atoms with Gasteiger partial charge in [0.1, 0.15) is 12.0 Å². The molecule has 1 heterocycles. The SMILES string of the molecule is CCNC(=NCc1coc(-c2ccccc2)n1)NC(C)C. The number of nitrogens with zero attached hydrogens (tertiary/aromatic N) is 2. The molecule has 0 aliphatic carbocycles. The van der Waals surface area contributed by atoms with Gasteiger partial charge in [0.05, 0.1) is 6.54 Å². The van der Waals surface area contributed by atoms with Crippen molar-refractivity contribution >= 4 is 5.96 Å². The number of hydrogen-bond acceptors (Lipinski definition) is 3. The smallest absolute Gasteiger partial charge is 0.226 e. The van der Waals surface area contributed by atoms with Gasteiger partial charge < -0.3 is 15.1 Å². The highest BCUT2D eigenvalue weighted by atomic mass is 16.3. The first kappa shape index (κ1) is 15.1. The second kappa shape index (κ2) is 7.47. The van der Waals surface area contributed by atoms with Crippen molar-refractivity contribution in [3.63, 3.8) is 0 Å². The molecule has 2 N–H and O–H groups in total. The number of hydrogen-bond donors (Lipinski definition) is 2. The van der Waals surface area contributed by atoms with Crippen molar-refractivity contribution in [1.82, 2.24) is 15.6 Å². The minimum atomic E-state index is 0.333. The maximum absolute atomic E-state index is 5.50. The molecule has 5 heteroatoms. The zero-order valence-electron chi connectivity index (χ0n) is 12.8.